The number of carbonyl (C=O) groups excluding carboxylic acids is 1. The van der Waals surface area contributed by atoms with Crippen molar-refractivity contribution >= 4 is 15.9 Å². The number of fused-ring (bicyclic) bond motifs is 1. The molecule has 2 aliphatic rings. The van der Waals surface area contributed by atoms with Crippen LogP contribution in [0.1, 0.15) is 42.5 Å². The molecule has 2 heterocycles. The second-order valence-corrected chi connectivity index (χ2v) is 10.2. The highest BCUT2D eigenvalue weighted by Gasteiger charge is 2.30. The fraction of sp³-hybridized carbons (Fsp3) is 0.478. The largest absolute Gasteiger partial charge is 0.339 e. The predicted octanol–water partition coefficient (Wildman–Crippen LogP) is 2.14. The Bertz CT molecular complexity index is 1020. The van der Waals surface area contributed by atoms with Crippen molar-refractivity contribution in [1.29, 1.82) is 0 Å². The maximum atomic E-state index is 13.1. The molecule has 166 valence electrons. The van der Waals surface area contributed by atoms with Crippen LogP contribution in [0.3, 0.4) is 0 Å². The second kappa shape index (κ2) is 9.46. The first-order chi connectivity index (χ1) is 14.9. The van der Waals surface area contributed by atoms with Crippen LogP contribution in [-0.2, 0) is 27.7 Å². The van der Waals surface area contributed by atoms with Crippen LogP contribution in [0.25, 0.3) is 0 Å². The average molecular weight is 443 g/mol. The predicted molar refractivity (Wildman–Crippen MR) is 119 cm³/mol. The third-order valence-corrected chi connectivity index (χ3v) is 8.19. The zero-order valence-electron chi connectivity index (χ0n) is 18.0. The molecule has 0 spiro atoms. The molecule has 1 aliphatic carbocycles. The van der Waals surface area contributed by atoms with E-state index in [9.17, 15) is 13.2 Å². The molecule has 4 rings (SSSR count). The number of piperazine rings is 1. The average Bonchev–Trinajstić information content (AvgIpc) is 2.82. The standard InChI is InChI=1S/C23H30N4O3S/c1-18(21-7-4-10-24-16-21)25-17-23(28)26-11-13-27(14-12-26)31(29,30)22-9-8-19-5-2-3-6-20(19)15-22/h4,7-10,15-16,18,25H,2-3,5-6,11-14,17H2,1H3. The van der Waals surface area contributed by atoms with Gasteiger partial charge in [0.05, 0.1) is 11.4 Å². The lowest BCUT2D eigenvalue weighted by molar-refractivity contribution is -0.131. The Morgan fingerprint density at radius 1 is 1.10 bits per heavy atom. The Hall–Kier alpha value is -2.29. The van der Waals surface area contributed by atoms with E-state index in [0.29, 0.717) is 31.1 Å². The maximum Gasteiger partial charge on any atom is 0.243 e. The monoisotopic (exact) mass is 442 g/mol. The molecule has 1 N–H and O–H groups in total. The van der Waals surface area contributed by atoms with E-state index in [4.69, 9.17) is 0 Å². The number of benzene rings is 1. The van der Waals surface area contributed by atoms with E-state index in [1.165, 1.54) is 16.3 Å². The van der Waals surface area contributed by atoms with Crippen molar-refractivity contribution < 1.29 is 13.2 Å². The number of aromatic nitrogens is 1. The van der Waals surface area contributed by atoms with Gasteiger partial charge in [0, 0.05) is 44.6 Å². The number of amides is 1. The molecule has 1 amide bonds. The van der Waals surface area contributed by atoms with Gasteiger partial charge in [0.25, 0.3) is 0 Å². The Kier molecular flexibility index (Phi) is 6.69. The van der Waals surface area contributed by atoms with Crippen LogP contribution in [0.15, 0.2) is 47.6 Å². The molecule has 1 aromatic carbocycles. The first-order valence-electron chi connectivity index (χ1n) is 11.0. The molecule has 0 saturated carbocycles. The minimum atomic E-state index is -3.53. The molecular weight excluding hydrogens is 412 g/mol. The van der Waals surface area contributed by atoms with Crippen molar-refractivity contribution in [3.8, 4) is 0 Å². The molecule has 31 heavy (non-hydrogen) atoms. The third kappa shape index (κ3) is 4.97. The van der Waals surface area contributed by atoms with Crippen molar-refractivity contribution in [2.24, 2.45) is 0 Å². The van der Waals surface area contributed by atoms with E-state index in [0.717, 1.165) is 30.4 Å². The van der Waals surface area contributed by atoms with Gasteiger partial charge >= 0.3 is 0 Å². The van der Waals surface area contributed by atoms with Crippen LogP contribution in [0.5, 0.6) is 0 Å². The first kappa shape index (κ1) is 21.9. The summed E-state index contributed by atoms with van der Waals surface area (Å²) >= 11 is 0. The van der Waals surface area contributed by atoms with Gasteiger partial charge < -0.3 is 10.2 Å². The Morgan fingerprint density at radius 2 is 1.84 bits per heavy atom. The Balaban J connectivity index is 1.32. The molecule has 8 heteroatoms. The van der Waals surface area contributed by atoms with Gasteiger partial charge in [0.2, 0.25) is 15.9 Å². The SMILES string of the molecule is CC(NCC(=O)N1CCN(S(=O)(=O)c2ccc3c(c2)CCCC3)CC1)c1cccnc1. The summed E-state index contributed by atoms with van der Waals surface area (Å²) in [6, 6.07) is 9.42. The highest BCUT2D eigenvalue weighted by Crippen LogP contribution is 2.26. The van der Waals surface area contributed by atoms with Gasteiger partial charge in [-0.05, 0) is 67.5 Å². The minimum Gasteiger partial charge on any atom is -0.339 e. The number of hydrogen-bond donors (Lipinski definition) is 1. The number of nitrogens with one attached hydrogen (secondary N) is 1. The zero-order valence-corrected chi connectivity index (χ0v) is 18.8. The summed E-state index contributed by atoms with van der Waals surface area (Å²) in [7, 11) is -3.53. The molecule has 1 aromatic heterocycles. The van der Waals surface area contributed by atoms with E-state index < -0.39 is 10.0 Å². The highest BCUT2D eigenvalue weighted by atomic mass is 32.2. The minimum absolute atomic E-state index is 0.0124. The molecule has 1 aliphatic heterocycles. The number of carbonyl (C=O) groups is 1. The summed E-state index contributed by atoms with van der Waals surface area (Å²) < 4.78 is 27.8. The molecule has 0 radical (unpaired) electrons. The lowest BCUT2D eigenvalue weighted by Crippen LogP contribution is -2.52. The van der Waals surface area contributed by atoms with Gasteiger partial charge in [0.15, 0.2) is 0 Å². The van der Waals surface area contributed by atoms with Crippen LogP contribution < -0.4 is 5.32 Å². The lowest BCUT2D eigenvalue weighted by Gasteiger charge is -2.34. The molecular formula is C23H30N4O3S. The number of pyridine rings is 1. The van der Waals surface area contributed by atoms with Crippen molar-refractivity contribution in [1.82, 2.24) is 19.5 Å². The summed E-state index contributed by atoms with van der Waals surface area (Å²) in [5, 5.41) is 3.23. The van der Waals surface area contributed by atoms with Gasteiger partial charge in [-0.3, -0.25) is 9.78 Å². The number of sulfonamides is 1. The summed E-state index contributed by atoms with van der Waals surface area (Å²) in [5.74, 6) is -0.0124. The van der Waals surface area contributed by atoms with Crippen LogP contribution in [0.4, 0.5) is 0 Å². The van der Waals surface area contributed by atoms with E-state index in [1.807, 2.05) is 31.2 Å². The third-order valence-electron chi connectivity index (χ3n) is 6.29. The topological polar surface area (TPSA) is 82.6 Å². The summed E-state index contributed by atoms with van der Waals surface area (Å²) in [6.07, 6.45) is 7.77. The number of aryl methyl sites for hydroxylation is 2. The quantitative estimate of drug-likeness (QED) is 0.741. The van der Waals surface area contributed by atoms with E-state index in [2.05, 4.69) is 10.3 Å². The number of hydrogen-bond acceptors (Lipinski definition) is 5. The van der Waals surface area contributed by atoms with Crippen molar-refractivity contribution in [3.05, 3.63) is 59.4 Å². The molecule has 0 bridgehead atoms. The van der Waals surface area contributed by atoms with Crippen molar-refractivity contribution in [3.63, 3.8) is 0 Å². The molecule has 1 saturated heterocycles. The number of rotatable bonds is 6. The summed E-state index contributed by atoms with van der Waals surface area (Å²) in [5.41, 5.74) is 3.46. The fourth-order valence-corrected chi connectivity index (χ4v) is 5.77. The van der Waals surface area contributed by atoms with E-state index in [1.54, 1.807) is 23.4 Å². The van der Waals surface area contributed by atoms with E-state index in [-0.39, 0.29) is 18.5 Å². The second-order valence-electron chi connectivity index (χ2n) is 8.31. The molecule has 1 unspecified atom stereocenters. The Labute approximate surface area is 184 Å². The smallest absolute Gasteiger partial charge is 0.243 e. The van der Waals surface area contributed by atoms with Crippen LogP contribution in [-0.4, -0.2) is 61.2 Å². The van der Waals surface area contributed by atoms with Crippen LogP contribution in [0.2, 0.25) is 0 Å². The van der Waals surface area contributed by atoms with Crippen molar-refractivity contribution in [2.75, 3.05) is 32.7 Å². The van der Waals surface area contributed by atoms with Gasteiger partial charge in [0.1, 0.15) is 0 Å². The van der Waals surface area contributed by atoms with Crippen LogP contribution >= 0.6 is 0 Å². The fourth-order valence-electron chi connectivity index (χ4n) is 4.30. The zero-order chi connectivity index (χ0) is 21.8. The van der Waals surface area contributed by atoms with Crippen LogP contribution in [0, 0.1) is 0 Å². The van der Waals surface area contributed by atoms with Gasteiger partial charge in [-0.2, -0.15) is 4.31 Å². The van der Waals surface area contributed by atoms with Crippen molar-refractivity contribution in [2.45, 2.75) is 43.5 Å². The van der Waals surface area contributed by atoms with Gasteiger partial charge in [-0.1, -0.05) is 12.1 Å². The lowest BCUT2D eigenvalue weighted by atomic mass is 9.92. The number of nitrogens with zero attached hydrogens (tertiary/aromatic N) is 3. The molecule has 7 nitrogen and oxygen atoms in total. The highest BCUT2D eigenvalue weighted by molar-refractivity contribution is 7.89. The normalized spacial score (nSPS) is 18.4. The van der Waals surface area contributed by atoms with Gasteiger partial charge in [-0.15, -0.1) is 0 Å². The molecule has 1 atom stereocenters. The summed E-state index contributed by atoms with van der Waals surface area (Å²) in [6.45, 7) is 3.67. The summed E-state index contributed by atoms with van der Waals surface area (Å²) in [4.78, 5) is 18.8. The molecule has 1 fully saturated rings. The van der Waals surface area contributed by atoms with E-state index >= 15 is 0 Å². The first-order valence-corrected chi connectivity index (χ1v) is 12.4. The van der Waals surface area contributed by atoms with Gasteiger partial charge in [-0.25, -0.2) is 8.42 Å². The molecule has 2 aromatic rings. The maximum absolute atomic E-state index is 13.1. The Morgan fingerprint density at radius 3 is 2.55 bits per heavy atom.